The SMILES string of the molecule is CCN(CCS)N(C)N. The predicted octanol–water partition coefficient (Wildman–Crippen LogP) is -0.0414. The molecule has 0 fully saturated rings. The number of nitrogens with two attached hydrogens (primary N) is 1. The summed E-state index contributed by atoms with van der Waals surface area (Å²) in [5, 5.41) is 3.60. The Kier molecular flexibility index (Phi) is 5.18. The maximum absolute atomic E-state index is 5.46. The summed E-state index contributed by atoms with van der Waals surface area (Å²) in [6, 6.07) is 0. The molecule has 0 aliphatic rings. The van der Waals surface area contributed by atoms with Crippen molar-refractivity contribution in [2.45, 2.75) is 6.92 Å². The summed E-state index contributed by atoms with van der Waals surface area (Å²) in [6.45, 7) is 3.91. The topological polar surface area (TPSA) is 32.5 Å². The van der Waals surface area contributed by atoms with Gasteiger partial charge in [0, 0.05) is 25.9 Å². The number of hydrogen-bond donors (Lipinski definition) is 2. The van der Waals surface area contributed by atoms with Crippen molar-refractivity contribution in [3.05, 3.63) is 0 Å². The molecule has 0 bridgehead atoms. The zero-order valence-corrected chi connectivity index (χ0v) is 6.93. The van der Waals surface area contributed by atoms with Crippen molar-refractivity contribution < 1.29 is 0 Å². The summed E-state index contributed by atoms with van der Waals surface area (Å²) in [5.74, 6) is 6.30. The fourth-order valence-electron chi connectivity index (χ4n) is 0.654. The van der Waals surface area contributed by atoms with Crippen LogP contribution in [0.2, 0.25) is 0 Å². The third-order valence-electron chi connectivity index (χ3n) is 1.17. The van der Waals surface area contributed by atoms with E-state index in [1.165, 1.54) is 0 Å². The largest absolute Gasteiger partial charge is 0.255 e. The lowest BCUT2D eigenvalue weighted by Gasteiger charge is -2.25. The Morgan fingerprint density at radius 3 is 2.22 bits per heavy atom. The van der Waals surface area contributed by atoms with Crippen LogP contribution in [0, 0.1) is 0 Å². The summed E-state index contributed by atoms with van der Waals surface area (Å²) in [5.41, 5.74) is 0. The molecule has 3 nitrogen and oxygen atoms in total. The van der Waals surface area contributed by atoms with Gasteiger partial charge in [-0.2, -0.15) is 17.7 Å². The highest BCUT2D eigenvalue weighted by Gasteiger charge is 2.00. The van der Waals surface area contributed by atoms with Crippen molar-refractivity contribution in [2.75, 3.05) is 25.9 Å². The van der Waals surface area contributed by atoms with Gasteiger partial charge in [0.1, 0.15) is 0 Å². The van der Waals surface area contributed by atoms with Gasteiger partial charge in [-0.3, -0.25) is 5.84 Å². The van der Waals surface area contributed by atoms with Gasteiger partial charge in [-0.25, -0.2) is 5.01 Å². The maximum atomic E-state index is 5.46. The molecule has 0 rings (SSSR count). The fourth-order valence-corrected chi connectivity index (χ4v) is 0.885. The van der Waals surface area contributed by atoms with Crippen LogP contribution in [0.15, 0.2) is 0 Å². The van der Waals surface area contributed by atoms with Gasteiger partial charge in [-0.15, -0.1) is 0 Å². The average molecular weight is 149 g/mol. The zero-order chi connectivity index (χ0) is 7.28. The van der Waals surface area contributed by atoms with Crippen molar-refractivity contribution in [3.63, 3.8) is 0 Å². The molecule has 0 unspecified atom stereocenters. The molecule has 56 valence electrons. The van der Waals surface area contributed by atoms with E-state index in [0.717, 1.165) is 18.8 Å². The van der Waals surface area contributed by atoms with E-state index in [4.69, 9.17) is 5.84 Å². The van der Waals surface area contributed by atoms with Crippen molar-refractivity contribution >= 4 is 12.6 Å². The van der Waals surface area contributed by atoms with Gasteiger partial charge in [-0.1, -0.05) is 6.92 Å². The lowest BCUT2D eigenvalue weighted by Crippen LogP contribution is -2.45. The maximum Gasteiger partial charge on any atom is 0.0234 e. The molecule has 0 saturated heterocycles. The third-order valence-corrected chi connectivity index (χ3v) is 1.37. The van der Waals surface area contributed by atoms with E-state index >= 15 is 0 Å². The van der Waals surface area contributed by atoms with Crippen molar-refractivity contribution in [2.24, 2.45) is 5.84 Å². The third kappa shape index (κ3) is 3.75. The lowest BCUT2D eigenvalue weighted by atomic mass is 10.6. The summed E-state index contributed by atoms with van der Waals surface area (Å²) >= 11 is 4.08. The highest BCUT2D eigenvalue weighted by atomic mass is 32.1. The molecule has 2 N–H and O–H groups in total. The van der Waals surface area contributed by atoms with Crippen LogP contribution < -0.4 is 5.84 Å². The number of rotatable bonds is 4. The van der Waals surface area contributed by atoms with Crippen molar-refractivity contribution in [1.82, 2.24) is 10.1 Å². The molecule has 0 spiro atoms. The minimum Gasteiger partial charge on any atom is -0.255 e. The van der Waals surface area contributed by atoms with Crippen LogP contribution in [0.3, 0.4) is 0 Å². The second kappa shape index (κ2) is 5.05. The Balaban J connectivity index is 3.41. The Morgan fingerprint density at radius 2 is 2.11 bits per heavy atom. The molecule has 0 amide bonds. The number of hydrogen-bond acceptors (Lipinski definition) is 4. The van der Waals surface area contributed by atoms with Crippen molar-refractivity contribution in [1.29, 1.82) is 0 Å². The first kappa shape index (κ1) is 9.23. The molecule has 4 heteroatoms. The van der Waals surface area contributed by atoms with Gasteiger partial charge in [0.05, 0.1) is 0 Å². The van der Waals surface area contributed by atoms with Crippen LogP contribution in [-0.4, -0.2) is 36.0 Å². The number of hydrazine groups is 2. The first-order valence-corrected chi connectivity index (χ1v) is 3.69. The first-order chi connectivity index (χ1) is 4.22. The van der Waals surface area contributed by atoms with Gasteiger partial charge in [0.25, 0.3) is 0 Å². The van der Waals surface area contributed by atoms with Gasteiger partial charge >= 0.3 is 0 Å². The highest BCUT2D eigenvalue weighted by molar-refractivity contribution is 7.80. The molecule has 9 heavy (non-hydrogen) atoms. The van der Waals surface area contributed by atoms with Crippen LogP contribution in [0.4, 0.5) is 0 Å². The molecule has 0 aliphatic carbocycles. The molecule has 0 radical (unpaired) electrons. The van der Waals surface area contributed by atoms with E-state index in [1.54, 1.807) is 5.12 Å². The normalized spacial score (nSPS) is 11.3. The van der Waals surface area contributed by atoms with Crippen LogP contribution >= 0.6 is 12.6 Å². The summed E-state index contributed by atoms with van der Waals surface area (Å²) in [4.78, 5) is 0. The minimum atomic E-state index is 0.843. The molecule has 0 aliphatic heterocycles. The van der Waals surface area contributed by atoms with Crippen LogP contribution in [0.1, 0.15) is 6.92 Å². The Hall–Kier alpha value is 0.230. The molecule has 0 heterocycles. The van der Waals surface area contributed by atoms with Crippen LogP contribution in [0.25, 0.3) is 0 Å². The monoisotopic (exact) mass is 149 g/mol. The minimum absolute atomic E-state index is 0.843. The molecule has 0 aromatic rings. The first-order valence-electron chi connectivity index (χ1n) is 3.06. The van der Waals surface area contributed by atoms with Gasteiger partial charge in [0.2, 0.25) is 0 Å². The molecular weight excluding hydrogens is 134 g/mol. The summed E-state index contributed by atoms with van der Waals surface area (Å²) in [6.07, 6.45) is 0. The molecule has 0 aromatic heterocycles. The number of thiol groups is 1. The molecule has 0 saturated carbocycles. The fraction of sp³-hybridized carbons (Fsp3) is 1.00. The van der Waals surface area contributed by atoms with Crippen LogP contribution in [0.5, 0.6) is 0 Å². The Morgan fingerprint density at radius 1 is 1.56 bits per heavy atom. The van der Waals surface area contributed by atoms with E-state index in [2.05, 4.69) is 19.6 Å². The Labute approximate surface area is 62.2 Å². The lowest BCUT2D eigenvalue weighted by molar-refractivity contribution is 0.0104. The smallest absolute Gasteiger partial charge is 0.0234 e. The second-order valence-electron chi connectivity index (χ2n) is 1.84. The quantitative estimate of drug-likeness (QED) is 0.334. The van der Waals surface area contributed by atoms with E-state index in [1.807, 2.05) is 12.1 Å². The van der Waals surface area contributed by atoms with Gasteiger partial charge in [0.15, 0.2) is 0 Å². The number of nitrogens with zero attached hydrogens (tertiary/aromatic N) is 2. The summed E-state index contributed by atoms with van der Waals surface area (Å²) in [7, 11) is 1.83. The standard InChI is InChI=1S/C5H15N3S/c1-3-8(4-5-9)7(2)6/h9H,3-6H2,1-2H3. The second-order valence-corrected chi connectivity index (χ2v) is 2.29. The van der Waals surface area contributed by atoms with E-state index < -0.39 is 0 Å². The van der Waals surface area contributed by atoms with E-state index in [0.29, 0.717) is 0 Å². The Bertz CT molecular complexity index is 67.2. The average Bonchev–Trinajstić information content (AvgIpc) is 1.82. The van der Waals surface area contributed by atoms with Crippen LogP contribution in [-0.2, 0) is 0 Å². The molecular formula is C5H15N3S. The van der Waals surface area contributed by atoms with Gasteiger partial charge in [-0.05, 0) is 0 Å². The predicted molar refractivity (Wildman–Crippen MR) is 43.1 cm³/mol. The van der Waals surface area contributed by atoms with Crippen molar-refractivity contribution in [3.8, 4) is 0 Å². The zero-order valence-electron chi connectivity index (χ0n) is 6.04. The molecule has 0 atom stereocenters. The van der Waals surface area contributed by atoms with Gasteiger partial charge < -0.3 is 0 Å². The highest BCUT2D eigenvalue weighted by Crippen LogP contribution is 1.87. The van der Waals surface area contributed by atoms with E-state index in [9.17, 15) is 0 Å². The van der Waals surface area contributed by atoms with E-state index in [-0.39, 0.29) is 0 Å². The summed E-state index contributed by atoms with van der Waals surface area (Å²) < 4.78 is 0. The molecule has 0 aromatic carbocycles.